The summed E-state index contributed by atoms with van der Waals surface area (Å²) in [5.41, 5.74) is 7.06. The molecular formula is C16H24N2O2. The number of para-hydroxylation sites is 2. The van der Waals surface area contributed by atoms with Crippen LogP contribution in [0.4, 0.5) is 11.4 Å². The van der Waals surface area contributed by atoms with Crippen LogP contribution < -0.4 is 11.1 Å². The molecular weight excluding hydrogens is 252 g/mol. The fourth-order valence-corrected chi connectivity index (χ4v) is 2.54. The van der Waals surface area contributed by atoms with Crippen molar-refractivity contribution in [3.8, 4) is 0 Å². The minimum atomic E-state index is -0.00450. The van der Waals surface area contributed by atoms with Crippen LogP contribution in [0.5, 0.6) is 0 Å². The van der Waals surface area contributed by atoms with E-state index in [1.807, 2.05) is 18.2 Å². The van der Waals surface area contributed by atoms with E-state index < -0.39 is 0 Å². The zero-order valence-electron chi connectivity index (χ0n) is 11.9. The van der Waals surface area contributed by atoms with Crippen LogP contribution >= 0.6 is 0 Å². The number of anilines is 2. The molecule has 1 saturated carbocycles. The van der Waals surface area contributed by atoms with Crippen LogP contribution in [0.3, 0.4) is 0 Å². The predicted octanol–water partition coefficient (Wildman–Crippen LogP) is 3.34. The molecule has 0 bridgehead atoms. The van der Waals surface area contributed by atoms with Gasteiger partial charge in [-0.2, -0.15) is 0 Å². The molecule has 4 nitrogen and oxygen atoms in total. The Bertz CT molecular complexity index is 428. The van der Waals surface area contributed by atoms with E-state index in [9.17, 15) is 4.79 Å². The van der Waals surface area contributed by atoms with Gasteiger partial charge in [0.1, 0.15) is 0 Å². The lowest BCUT2D eigenvalue weighted by Crippen LogP contribution is -2.18. The topological polar surface area (TPSA) is 64.3 Å². The van der Waals surface area contributed by atoms with Crippen molar-refractivity contribution in [1.29, 1.82) is 0 Å². The first-order valence-corrected chi connectivity index (χ1v) is 7.51. The van der Waals surface area contributed by atoms with Gasteiger partial charge in [-0.25, -0.2) is 0 Å². The Labute approximate surface area is 120 Å². The van der Waals surface area contributed by atoms with Crippen molar-refractivity contribution in [1.82, 2.24) is 0 Å². The maximum atomic E-state index is 11.8. The average Bonchev–Trinajstić information content (AvgIpc) is 2.47. The molecule has 0 radical (unpaired) electrons. The van der Waals surface area contributed by atoms with E-state index in [-0.39, 0.29) is 5.91 Å². The van der Waals surface area contributed by atoms with E-state index in [4.69, 9.17) is 10.5 Å². The number of ether oxygens (including phenoxy) is 1. The summed E-state index contributed by atoms with van der Waals surface area (Å²) in [7, 11) is 0. The molecule has 0 saturated heterocycles. The van der Waals surface area contributed by atoms with Crippen LogP contribution in [0.2, 0.25) is 0 Å². The molecule has 2 rings (SSSR count). The van der Waals surface area contributed by atoms with Crippen LogP contribution in [0.25, 0.3) is 0 Å². The molecule has 3 N–H and O–H groups in total. The molecule has 0 heterocycles. The number of carbonyl (C=O) groups excluding carboxylic acids is 1. The Hall–Kier alpha value is -1.55. The first-order chi connectivity index (χ1) is 9.75. The molecule has 0 aromatic heterocycles. The monoisotopic (exact) mass is 276 g/mol. The summed E-state index contributed by atoms with van der Waals surface area (Å²) in [6.07, 6.45) is 7.88. The second-order valence-corrected chi connectivity index (χ2v) is 5.37. The summed E-state index contributed by atoms with van der Waals surface area (Å²) >= 11 is 0. The van der Waals surface area contributed by atoms with Gasteiger partial charge < -0.3 is 15.8 Å². The first kappa shape index (κ1) is 14.9. The van der Waals surface area contributed by atoms with Crippen molar-refractivity contribution in [2.24, 2.45) is 0 Å². The lowest BCUT2D eigenvalue weighted by molar-refractivity contribution is -0.116. The van der Waals surface area contributed by atoms with Crippen LogP contribution in [-0.2, 0) is 9.53 Å². The van der Waals surface area contributed by atoms with E-state index in [0.717, 1.165) is 6.42 Å². The summed E-state index contributed by atoms with van der Waals surface area (Å²) in [6, 6.07) is 7.30. The molecule has 1 aromatic rings. The zero-order chi connectivity index (χ0) is 14.2. The Morgan fingerprint density at radius 2 is 2.00 bits per heavy atom. The van der Waals surface area contributed by atoms with Gasteiger partial charge in [0.2, 0.25) is 5.91 Å². The third-order valence-electron chi connectivity index (χ3n) is 3.69. The fraction of sp³-hybridized carbons (Fsp3) is 0.562. The molecule has 110 valence electrons. The quantitative estimate of drug-likeness (QED) is 0.618. The highest BCUT2D eigenvalue weighted by molar-refractivity contribution is 5.93. The van der Waals surface area contributed by atoms with Gasteiger partial charge in [0.05, 0.1) is 17.5 Å². The Kier molecular flexibility index (Phi) is 5.87. The SMILES string of the molecule is Nc1ccccc1NC(=O)CCCOC1CCCCC1. The van der Waals surface area contributed by atoms with Gasteiger partial charge in [0.25, 0.3) is 0 Å². The minimum Gasteiger partial charge on any atom is -0.397 e. The van der Waals surface area contributed by atoms with Crippen molar-refractivity contribution in [2.75, 3.05) is 17.7 Å². The number of hydrogen-bond donors (Lipinski definition) is 2. The van der Waals surface area contributed by atoms with Crippen LogP contribution in [0, 0.1) is 0 Å². The number of carbonyl (C=O) groups is 1. The molecule has 20 heavy (non-hydrogen) atoms. The molecule has 1 fully saturated rings. The van der Waals surface area contributed by atoms with Gasteiger partial charge in [-0.05, 0) is 31.4 Å². The van der Waals surface area contributed by atoms with Crippen molar-refractivity contribution >= 4 is 17.3 Å². The van der Waals surface area contributed by atoms with Crippen molar-refractivity contribution in [2.45, 2.75) is 51.0 Å². The summed E-state index contributed by atoms with van der Waals surface area (Å²) < 4.78 is 5.80. The average molecular weight is 276 g/mol. The maximum absolute atomic E-state index is 11.8. The summed E-state index contributed by atoms with van der Waals surface area (Å²) in [4.78, 5) is 11.8. The maximum Gasteiger partial charge on any atom is 0.224 e. The van der Waals surface area contributed by atoms with E-state index in [1.165, 1.54) is 32.1 Å². The standard InChI is InChI=1S/C16H24N2O2/c17-14-9-4-5-10-15(14)18-16(19)11-6-12-20-13-7-2-1-3-8-13/h4-5,9-10,13H,1-3,6-8,11-12,17H2,(H,18,19). The van der Waals surface area contributed by atoms with Crippen LogP contribution in [0.15, 0.2) is 24.3 Å². The smallest absolute Gasteiger partial charge is 0.224 e. The second-order valence-electron chi connectivity index (χ2n) is 5.37. The molecule has 1 amide bonds. The fourth-order valence-electron chi connectivity index (χ4n) is 2.54. The summed E-state index contributed by atoms with van der Waals surface area (Å²) in [5, 5.41) is 2.83. The Balaban J connectivity index is 1.61. The summed E-state index contributed by atoms with van der Waals surface area (Å²) in [5.74, 6) is -0.00450. The molecule has 4 heteroatoms. The molecule has 0 unspecified atom stereocenters. The van der Waals surface area contributed by atoms with E-state index in [2.05, 4.69) is 5.32 Å². The molecule has 1 aliphatic carbocycles. The number of nitrogens with two attached hydrogens (primary N) is 1. The van der Waals surface area contributed by atoms with Gasteiger partial charge in [0, 0.05) is 13.0 Å². The van der Waals surface area contributed by atoms with Gasteiger partial charge in [-0.3, -0.25) is 4.79 Å². The predicted molar refractivity (Wildman–Crippen MR) is 81.5 cm³/mol. The Morgan fingerprint density at radius 3 is 2.75 bits per heavy atom. The molecule has 1 aromatic carbocycles. The second kappa shape index (κ2) is 7.90. The van der Waals surface area contributed by atoms with E-state index in [1.54, 1.807) is 6.07 Å². The lowest BCUT2D eigenvalue weighted by Gasteiger charge is -2.21. The van der Waals surface area contributed by atoms with E-state index in [0.29, 0.717) is 30.5 Å². The molecule has 0 spiro atoms. The minimum absolute atomic E-state index is 0.00450. The third kappa shape index (κ3) is 4.85. The van der Waals surface area contributed by atoms with Gasteiger partial charge >= 0.3 is 0 Å². The normalized spacial score (nSPS) is 16.0. The van der Waals surface area contributed by atoms with Crippen molar-refractivity contribution in [3.63, 3.8) is 0 Å². The molecule has 1 aliphatic rings. The Morgan fingerprint density at radius 1 is 1.25 bits per heavy atom. The zero-order valence-corrected chi connectivity index (χ0v) is 11.9. The number of hydrogen-bond acceptors (Lipinski definition) is 3. The highest BCUT2D eigenvalue weighted by Crippen LogP contribution is 2.20. The highest BCUT2D eigenvalue weighted by atomic mass is 16.5. The highest BCUT2D eigenvalue weighted by Gasteiger charge is 2.13. The van der Waals surface area contributed by atoms with E-state index >= 15 is 0 Å². The van der Waals surface area contributed by atoms with Crippen LogP contribution in [0.1, 0.15) is 44.9 Å². The number of amides is 1. The lowest BCUT2D eigenvalue weighted by atomic mass is 9.98. The number of nitrogen functional groups attached to an aromatic ring is 1. The number of nitrogens with one attached hydrogen (secondary N) is 1. The van der Waals surface area contributed by atoms with Crippen molar-refractivity contribution < 1.29 is 9.53 Å². The molecule has 0 aliphatic heterocycles. The first-order valence-electron chi connectivity index (χ1n) is 7.51. The van der Waals surface area contributed by atoms with Crippen LogP contribution in [-0.4, -0.2) is 18.6 Å². The van der Waals surface area contributed by atoms with Gasteiger partial charge in [-0.1, -0.05) is 31.4 Å². The van der Waals surface area contributed by atoms with Crippen molar-refractivity contribution in [3.05, 3.63) is 24.3 Å². The van der Waals surface area contributed by atoms with Gasteiger partial charge in [0.15, 0.2) is 0 Å². The molecule has 0 atom stereocenters. The van der Waals surface area contributed by atoms with Gasteiger partial charge in [-0.15, -0.1) is 0 Å². The third-order valence-corrected chi connectivity index (χ3v) is 3.69. The largest absolute Gasteiger partial charge is 0.397 e. The number of benzene rings is 1. The number of rotatable bonds is 6. The summed E-state index contributed by atoms with van der Waals surface area (Å²) in [6.45, 7) is 0.669.